The van der Waals surface area contributed by atoms with E-state index in [4.69, 9.17) is 0 Å². The molecule has 1 aliphatic heterocycles. The zero-order valence-corrected chi connectivity index (χ0v) is 20.7. The molecule has 4 rings (SSSR count). The number of anilines is 1. The number of rotatable bonds is 5. The van der Waals surface area contributed by atoms with Crippen LogP contribution in [-0.4, -0.2) is 71.8 Å². The molecule has 1 spiro atoms. The third kappa shape index (κ3) is 4.65. The lowest BCUT2D eigenvalue weighted by molar-refractivity contribution is -0.142. The summed E-state index contributed by atoms with van der Waals surface area (Å²) in [5.74, 6) is -0.859. The van der Waals surface area contributed by atoms with Crippen LogP contribution in [0.3, 0.4) is 0 Å². The van der Waals surface area contributed by atoms with Crippen LogP contribution in [0, 0.1) is 5.82 Å². The molecule has 36 heavy (non-hydrogen) atoms. The number of hydrogen-bond acceptors (Lipinski definition) is 4. The summed E-state index contributed by atoms with van der Waals surface area (Å²) in [7, 11) is 6.85. The molecule has 2 aliphatic rings. The van der Waals surface area contributed by atoms with Crippen LogP contribution in [0.25, 0.3) is 0 Å². The average molecular weight is 511 g/mol. The third-order valence-corrected chi connectivity index (χ3v) is 7.44. The Bertz CT molecular complexity index is 1150. The lowest BCUT2D eigenvalue weighted by atomic mass is 9.69. The van der Waals surface area contributed by atoms with Gasteiger partial charge in [-0.15, -0.1) is 0 Å². The minimum absolute atomic E-state index is 0.0820. The van der Waals surface area contributed by atoms with Gasteiger partial charge in [0.25, 0.3) is 0 Å². The van der Waals surface area contributed by atoms with Crippen LogP contribution in [0.2, 0.25) is 0 Å². The fourth-order valence-electron chi connectivity index (χ4n) is 5.24. The van der Waals surface area contributed by atoms with Crippen molar-refractivity contribution in [3.8, 4) is 0 Å². The Labute approximate surface area is 206 Å². The van der Waals surface area contributed by atoms with Gasteiger partial charge in [0.2, 0.25) is 5.91 Å². The van der Waals surface area contributed by atoms with Gasteiger partial charge in [0.1, 0.15) is 18.2 Å². The molecule has 0 unspecified atom stereocenters. The van der Waals surface area contributed by atoms with E-state index >= 15 is 0 Å². The van der Waals surface area contributed by atoms with Gasteiger partial charge in [-0.25, -0.2) is 13.9 Å². The van der Waals surface area contributed by atoms with E-state index in [0.717, 1.165) is 16.3 Å². The van der Waals surface area contributed by atoms with Gasteiger partial charge in [-0.3, -0.25) is 14.6 Å². The maximum atomic E-state index is 14.0. The van der Waals surface area contributed by atoms with E-state index in [9.17, 15) is 27.2 Å². The first-order chi connectivity index (χ1) is 16.8. The Morgan fingerprint density at radius 3 is 2.33 bits per heavy atom. The molecular formula is C24H30F4N6O2. The summed E-state index contributed by atoms with van der Waals surface area (Å²) in [4.78, 5) is 29.8. The summed E-state index contributed by atoms with van der Waals surface area (Å²) in [6.07, 6.45) is -2.41. The number of aromatic nitrogens is 2. The van der Waals surface area contributed by atoms with Gasteiger partial charge in [0.05, 0.1) is 12.1 Å². The second-order valence-corrected chi connectivity index (χ2v) is 10.1. The van der Waals surface area contributed by atoms with Crippen molar-refractivity contribution in [2.75, 3.05) is 39.6 Å². The molecule has 1 saturated heterocycles. The minimum Gasteiger partial charge on any atom is -0.347 e. The van der Waals surface area contributed by atoms with Crippen LogP contribution in [0.15, 0.2) is 30.3 Å². The first kappa shape index (κ1) is 25.9. The number of benzene rings is 1. The Morgan fingerprint density at radius 2 is 1.78 bits per heavy atom. The van der Waals surface area contributed by atoms with Crippen molar-refractivity contribution in [3.63, 3.8) is 0 Å². The number of urea groups is 1. The summed E-state index contributed by atoms with van der Waals surface area (Å²) in [5.41, 5.74) is -1.42. The Hall–Kier alpha value is -3.15. The van der Waals surface area contributed by atoms with Crippen molar-refractivity contribution in [2.24, 2.45) is 0 Å². The molecule has 1 aromatic heterocycles. The molecular weight excluding hydrogens is 480 g/mol. The normalized spacial score (nSPS) is 24.5. The third-order valence-electron chi connectivity index (χ3n) is 7.44. The summed E-state index contributed by atoms with van der Waals surface area (Å²) in [5, 5.41) is 6.58. The summed E-state index contributed by atoms with van der Waals surface area (Å²) < 4.78 is 55.3. The molecule has 3 amide bonds. The molecule has 1 aromatic carbocycles. The maximum absolute atomic E-state index is 14.0. The molecule has 0 bridgehead atoms. The number of nitrogens with one attached hydrogen (secondary N) is 1. The first-order valence-corrected chi connectivity index (χ1v) is 11.6. The smallest absolute Gasteiger partial charge is 0.347 e. The maximum Gasteiger partial charge on any atom is 0.435 e. The highest BCUT2D eigenvalue weighted by molar-refractivity contribution is 5.95. The highest BCUT2D eigenvalue weighted by Crippen LogP contribution is 2.46. The van der Waals surface area contributed by atoms with Crippen molar-refractivity contribution in [2.45, 2.75) is 49.5 Å². The van der Waals surface area contributed by atoms with E-state index in [1.54, 1.807) is 6.07 Å². The van der Waals surface area contributed by atoms with Crippen LogP contribution < -0.4 is 10.2 Å². The Balaban J connectivity index is 1.60. The van der Waals surface area contributed by atoms with Gasteiger partial charge in [-0.1, -0.05) is 12.1 Å². The van der Waals surface area contributed by atoms with Gasteiger partial charge >= 0.3 is 12.2 Å². The molecule has 12 heteroatoms. The van der Waals surface area contributed by atoms with Gasteiger partial charge in [0, 0.05) is 25.7 Å². The van der Waals surface area contributed by atoms with E-state index in [1.807, 2.05) is 20.2 Å². The number of hydrogen-bond donors (Lipinski definition) is 1. The molecule has 8 nitrogen and oxygen atoms in total. The highest BCUT2D eigenvalue weighted by atomic mass is 19.4. The second kappa shape index (κ2) is 9.06. The molecule has 0 atom stereocenters. The molecule has 2 heterocycles. The van der Waals surface area contributed by atoms with E-state index in [2.05, 4.69) is 15.3 Å². The number of carbonyl (C=O) groups is 2. The molecule has 1 aliphatic carbocycles. The topological polar surface area (TPSA) is 73.7 Å². The van der Waals surface area contributed by atoms with Crippen LogP contribution >= 0.6 is 0 Å². The second-order valence-electron chi connectivity index (χ2n) is 10.1. The molecule has 2 fully saturated rings. The van der Waals surface area contributed by atoms with E-state index in [1.165, 1.54) is 36.0 Å². The SMILES string of the molecule is CN(C)C(=O)Cn1nc(C(F)(F)F)cc1N1C[C@]2(CC[C@@](c3cccc(F)c3)(N(C)C)CC2)NC1=O. The predicted molar refractivity (Wildman–Crippen MR) is 125 cm³/mol. The average Bonchev–Trinajstić information content (AvgIpc) is 3.35. The van der Waals surface area contributed by atoms with Crippen molar-refractivity contribution in [1.29, 1.82) is 0 Å². The van der Waals surface area contributed by atoms with Crippen molar-refractivity contribution in [1.82, 2.24) is 24.9 Å². The Morgan fingerprint density at radius 1 is 1.11 bits per heavy atom. The minimum atomic E-state index is -4.73. The number of alkyl halides is 3. The molecule has 196 valence electrons. The number of nitrogens with zero attached hydrogens (tertiary/aromatic N) is 5. The van der Waals surface area contributed by atoms with Gasteiger partial charge in [0.15, 0.2) is 5.69 Å². The van der Waals surface area contributed by atoms with Gasteiger partial charge in [-0.05, 0) is 57.5 Å². The number of likely N-dealkylation sites (N-methyl/N-ethyl adjacent to an activating group) is 1. The zero-order chi connectivity index (χ0) is 26.5. The highest BCUT2D eigenvalue weighted by Gasteiger charge is 2.51. The number of halogens is 4. The van der Waals surface area contributed by atoms with Crippen molar-refractivity contribution in [3.05, 3.63) is 47.4 Å². The number of amides is 3. The standard InChI is InChI=1S/C24H30F4N6O2/c1-31(2)20(35)14-34-19(13-18(30-34)24(26,27)28)33-15-22(29-21(33)36)8-10-23(11-9-22,32(3)4)16-6-5-7-17(25)12-16/h5-7,12-13H,8-11,14-15H2,1-4H3,(H,29,36)/t22-,23-. The van der Waals surface area contributed by atoms with E-state index in [-0.39, 0.29) is 18.2 Å². The zero-order valence-electron chi connectivity index (χ0n) is 20.7. The van der Waals surface area contributed by atoms with Crippen LogP contribution in [0.5, 0.6) is 0 Å². The summed E-state index contributed by atoms with van der Waals surface area (Å²) in [6, 6.07) is 6.75. The lowest BCUT2D eigenvalue weighted by Crippen LogP contribution is -2.54. The van der Waals surface area contributed by atoms with Gasteiger partial charge < -0.3 is 10.2 Å². The largest absolute Gasteiger partial charge is 0.435 e. The first-order valence-electron chi connectivity index (χ1n) is 11.6. The Kier molecular flexibility index (Phi) is 6.52. The molecule has 2 aromatic rings. The lowest BCUT2D eigenvalue weighted by Gasteiger charge is -2.48. The fraction of sp³-hybridized carbons (Fsp3) is 0.542. The monoisotopic (exact) mass is 510 g/mol. The summed E-state index contributed by atoms with van der Waals surface area (Å²) in [6.45, 7) is -0.295. The van der Waals surface area contributed by atoms with Crippen molar-refractivity contribution < 1.29 is 27.2 Å². The van der Waals surface area contributed by atoms with Crippen LogP contribution in [-0.2, 0) is 23.1 Å². The predicted octanol–water partition coefficient (Wildman–Crippen LogP) is 3.43. The molecule has 0 radical (unpaired) electrons. The van der Waals surface area contributed by atoms with E-state index in [0.29, 0.717) is 25.7 Å². The van der Waals surface area contributed by atoms with Crippen molar-refractivity contribution >= 4 is 17.8 Å². The quantitative estimate of drug-likeness (QED) is 0.626. The molecule has 1 saturated carbocycles. The van der Waals surface area contributed by atoms with Crippen LogP contribution in [0.4, 0.5) is 28.2 Å². The summed E-state index contributed by atoms with van der Waals surface area (Å²) >= 11 is 0. The van der Waals surface area contributed by atoms with E-state index < -0.39 is 41.4 Å². The van der Waals surface area contributed by atoms with Gasteiger partial charge in [-0.2, -0.15) is 18.3 Å². The molecule has 1 N–H and O–H groups in total. The number of carbonyl (C=O) groups excluding carboxylic acids is 2. The fourth-order valence-corrected chi connectivity index (χ4v) is 5.24. The van der Waals surface area contributed by atoms with Crippen LogP contribution in [0.1, 0.15) is 36.9 Å².